The molecule has 0 N–H and O–H groups in total. The minimum Gasteiger partial charge on any atom is -0.337 e. The summed E-state index contributed by atoms with van der Waals surface area (Å²) in [6.07, 6.45) is 0. The lowest BCUT2D eigenvalue weighted by Crippen LogP contribution is -2.17. The lowest BCUT2D eigenvalue weighted by atomic mass is 10.2. The van der Waals surface area contributed by atoms with E-state index in [1.807, 2.05) is 0 Å². The zero-order valence-corrected chi connectivity index (χ0v) is 9.34. The summed E-state index contributed by atoms with van der Waals surface area (Å²) in [4.78, 5) is 26.3. The fourth-order valence-electron chi connectivity index (χ4n) is 1.73. The van der Waals surface area contributed by atoms with E-state index in [2.05, 4.69) is 0 Å². The van der Waals surface area contributed by atoms with E-state index in [0.29, 0.717) is 16.6 Å². The van der Waals surface area contributed by atoms with E-state index in [-0.39, 0.29) is 5.69 Å². The van der Waals surface area contributed by atoms with Crippen molar-refractivity contribution in [2.24, 2.45) is 0 Å². The van der Waals surface area contributed by atoms with Gasteiger partial charge in [0, 0.05) is 13.0 Å². The number of fused-ring (bicyclic) bond motifs is 1. The van der Waals surface area contributed by atoms with Crippen molar-refractivity contribution < 1.29 is 14.6 Å². The molecule has 0 aliphatic carbocycles. The second-order valence-electron chi connectivity index (χ2n) is 3.63. The number of hydrogen-bond donors (Lipinski definition) is 0. The Morgan fingerprint density at radius 2 is 2.18 bits per heavy atom. The number of aromatic nitrogens is 1. The van der Waals surface area contributed by atoms with Crippen LogP contribution in [0.2, 0.25) is 0 Å². The minimum absolute atomic E-state index is 0.00324. The topological polar surface area (TPSA) is 74.4 Å². The summed E-state index contributed by atoms with van der Waals surface area (Å²) in [6.45, 7) is 3.00. The number of hydrogen-bond acceptors (Lipinski definition) is 4. The molecule has 1 heterocycles. The normalized spacial score (nSPS) is 10.5. The van der Waals surface area contributed by atoms with Crippen LogP contribution in [0.25, 0.3) is 10.9 Å². The van der Waals surface area contributed by atoms with Crippen LogP contribution in [0.4, 0.5) is 5.69 Å². The van der Waals surface area contributed by atoms with Crippen molar-refractivity contribution in [3.05, 3.63) is 40.1 Å². The zero-order valence-electron chi connectivity index (χ0n) is 9.34. The maximum Gasteiger partial charge on any atom is 0.329 e. The molecule has 0 aliphatic rings. The van der Waals surface area contributed by atoms with E-state index >= 15 is 0 Å². The zero-order chi connectivity index (χ0) is 12.6. The van der Waals surface area contributed by atoms with Crippen molar-refractivity contribution >= 4 is 22.6 Å². The van der Waals surface area contributed by atoms with Gasteiger partial charge in [-0.2, -0.15) is 4.73 Å². The quantitative estimate of drug-likeness (QED) is 0.586. The van der Waals surface area contributed by atoms with E-state index in [9.17, 15) is 14.9 Å². The van der Waals surface area contributed by atoms with Gasteiger partial charge in [0.1, 0.15) is 0 Å². The largest absolute Gasteiger partial charge is 0.337 e. The smallest absolute Gasteiger partial charge is 0.329 e. The summed E-state index contributed by atoms with van der Waals surface area (Å²) in [5.41, 5.74) is 1.13. The van der Waals surface area contributed by atoms with Crippen LogP contribution in [0.3, 0.4) is 0 Å². The van der Waals surface area contributed by atoms with Gasteiger partial charge in [-0.05, 0) is 19.1 Å². The molecule has 0 spiro atoms. The van der Waals surface area contributed by atoms with Crippen LogP contribution in [0.5, 0.6) is 0 Å². The Morgan fingerprint density at radius 1 is 1.47 bits per heavy atom. The molecular weight excluding hydrogens is 224 g/mol. The molecule has 17 heavy (non-hydrogen) atoms. The first kappa shape index (κ1) is 11.1. The standard InChI is InChI=1S/C11H10N2O4/c1-7-6-9-10(12(7)17-8(2)14)4-3-5-11(9)13(15)16/h3-6H,1-2H3. The molecule has 0 saturated carbocycles. The molecule has 1 aromatic carbocycles. The summed E-state index contributed by atoms with van der Waals surface area (Å²) in [5.74, 6) is -0.475. The van der Waals surface area contributed by atoms with E-state index in [1.54, 1.807) is 25.1 Å². The molecule has 1 aromatic heterocycles. The molecule has 2 aromatic rings. The van der Waals surface area contributed by atoms with Crippen molar-refractivity contribution in [3.63, 3.8) is 0 Å². The number of non-ortho nitro benzene ring substituents is 1. The monoisotopic (exact) mass is 234 g/mol. The maximum absolute atomic E-state index is 10.9. The van der Waals surface area contributed by atoms with Crippen LogP contribution in [-0.2, 0) is 4.79 Å². The first-order valence-corrected chi connectivity index (χ1v) is 4.95. The highest BCUT2D eigenvalue weighted by atomic mass is 16.7. The maximum atomic E-state index is 10.9. The first-order chi connectivity index (χ1) is 8.00. The molecule has 0 bridgehead atoms. The third kappa shape index (κ3) is 1.84. The van der Waals surface area contributed by atoms with Crippen LogP contribution in [0.15, 0.2) is 24.3 Å². The van der Waals surface area contributed by atoms with E-state index in [1.165, 1.54) is 17.7 Å². The second-order valence-corrected chi connectivity index (χ2v) is 3.63. The predicted molar refractivity (Wildman–Crippen MR) is 60.6 cm³/mol. The third-order valence-corrected chi connectivity index (χ3v) is 2.37. The molecule has 0 aliphatic heterocycles. The average Bonchev–Trinajstić information content (AvgIpc) is 2.54. The predicted octanol–water partition coefficient (Wildman–Crippen LogP) is 1.83. The first-order valence-electron chi connectivity index (χ1n) is 4.95. The average molecular weight is 234 g/mol. The Kier molecular flexibility index (Phi) is 2.55. The molecule has 0 saturated heterocycles. The van der Waals surface area contributed by atoms with Gasteiger partial charge in [-0.15, -0.1) is 0 Å². The number of carbonyl (C=O) groups is 1. The van der Waals surface area contributed by atoms with Crippen molar-refractivity contribution in [1.29, 1.82) is 0 Å². The summed E-state index contributed by atoms with van der Waals surface area (Å²) in [5, 5.41) is 11.3. The summed E-state index contributed by atoms with van der Waals surface area (Å²) >= 11 is 0. The lowest BCUT2D eigenvalue weighted by Gasteiger charge is -2.05. The van der Waals surface area contributed by atoms with Gasteiger partial charge in [-0.1, -0.05) is 6.07 Å². The molecule has 0 atom stereocenters. The van der Waals surface area contributed by atoms with Gasteiger partial charge in [0.15, 0.2) is 0 Å². The Balaban J connectivity index is 2.71. The molecular formula is C11H10N2O4. The minimum atomic E-state index is -0.475. The lowest BCUT2D eigenvalue weighted by molar-refractivity contribution is -0.383. The second kappa shape index (κ2) is 3.89. The molecule has 6 heteroatoms. The highest BCUT2D eigenvalue weighted by molar-refractivity contribution is 5.90. The highest BCUT2D eigenvalue weighted by Crippen LogP contribution is 2.27. The van der Waals surface area contributed by atoms with Gasteiger partial charge in [0.25, 0.3) is 5.69 Å². The molecule has 2 rings (SSSR count). The number of carbonyl (C=O) groups excluding carboxylic acids is 1. The van der Waals surface area contributed by atoms with Gasteiger partial charge < -0.3 is 4.84 Å². The number of nitro benzene ring substituents is 1. The number of benzene rings is 1. The van der Waals surface area contributed by atoms with Crippen molar-refractivity contribution in [1.82, 2.24) is 4.73 Å². The van der Waals surface area contributed by atoms with Crippen LogP contribution in [0.1, 0.15) is 12.6 Å². The van der Waals surface area contributed by atoms with Crippen molar-refractivity contribution in [3.8, 4) is 0 Å². The number of aryl methyl sites for hydroxylation is 1. The molecule has 0 radical (unpaired) electrons. The van der Waals surface area contributed by atoms with E-state index in [0.717, 1.165) is 0 Å². The molecule has 0 fully saturated rings. The van der Waals surface area contributed by atoms with Crippen LogP contribution < -0.4 is 4.84 Å². The van der Waals surface area contributed by atoms with Gasteiger partial charge in [0.05, 0.1) is 21.5 Å². The van der Waals surface area contributed by atoms with Crippen LogP contribution in [0, 0.1) is 17.0 Å². The third-order valence-electron chi connectivity index (χ3n) is 2.37. The number of nitrogens with zero attached hydrogens (tertiary/aromatic N) is 2. The van der Waals surface area contributed by atoms with Crippen molar-refractivity contribution in [2.75, 3.05) is 0 Å². The Bertz CT molecular complexity index is 615. The Labute approximate surface area is 96.5 Å². The van der Waals surface area contributed by atoms with E-state index in [4.69, 9.17) is 4.84 Å². The molecule has 0 amide bonds. The van der Waals surface area contributed by atoms with Gasteiger partial charge >= 0.3 is 5.97 Å². The fraction of sp³-hybridized carbons (Fsp3) is 0.182. The fourth-order valence-corrected chi connectivity index (χ4v) is 1.73. The van der Waals surface area contributed by atoms with Gasteiger partial charge in [-0.3, -0.25) is 10.1 Å². The van der Waals surface area contributed by atoms with E-state index < -0.39 is 10.9 Å². The summed E-state index contributed by atoms with van der Waals surface area (Å²) < 4.78 is 1.30. The SMILES string of the molecule is CC(=O)On1c(C)cc2c([N+](=O)[O-])cccc21. The van der Waals surface area contributed by atoms with Crippen molar-refractivity contribution in [2.45, 2.75) is 13.8 Å². The van der Waals surface area contributed by atoms with Crippen LogP contribution in [-0.4, -0.2) is 15.6 Å². The summed E-state index contributed by atoms with van der Waals surface area (Å²) in [7, 11) is 0. The highest BCUT2D eigenvalue weighted by Gasteiger charge is 2.17. The molecule has 0 unspecified atom stereocenters. The number of nitro groups is 1. The van der Waals surface area contributed by atoms with Gasteiger partial charge in [-0.25, -0.2) is 4.79 Å². The van der Waals surface area contributed by atoms with Crippen LogP contribution >= 0.6 is 0 Å². The Hall–Kier alpha value is -2.37. The Morgan fingerprint density at radius 3 is 2.76 bits per heavy atom. The van der Waals surface area contributed by atoms with Gasteiger partial charge in [0.2, 0.25) is 0 Å². The molecule has 88 valence electrons. The number of rotatable bonds is 2. The molecule has 6 nitrogen and oxygen atoms in total. The summed E-state index contributed by atoms with van der Waals surface area (Å²) in [6, 6.07) is 6.26.